The van der Waals surface area contributed by atoms with E-state index in [1.165, 1.54) is 25.1 Å². The van der Waals surface area contributed by atoms with Crippen molar-refractivity contribution in [3.63, 3.8) is 0 Å². The minimum atomic E-state index is -0.546. The van der Waals surface area contributed by atoms with Crippen LogP contribution in [0.25, 0.3) is 11.0 Å². The fraction of sp³-hybridized carbons (Fsp3) is 0.111. The maximum Gasteiger partial charge on any atom is 0.283 e. The van der Waals surface area contributed by atoms with E-state index in [4.69, 9.17) is 4.42 Å². The molecule has 0 unspecified atom stereocenters. The van der Waals surface area contributed by atoms with Crippen molar-refractivity contribution in [2.75, 3.05) is 0 Å². The van der Waals surface area contributed by atoms with Gasteiger partial charge in [0, 0.05) is 13.0 Å². The number of rotatable bonds is 1. The van der Waals surface area contributed by atoms with Crippen molar-refractivity contribution in [1.29, 1.82) is 0 Å². The topological polar surface area (TPSA) is 86.2 Å². The average molecular weight is 206 g/mol. The zero-order chi connectivity index (χ0) is 11.0. The summed E-state index contributed by atoms with van der Waals surface area (Å²) in [6.45, 7) is 1.51. The van der Waals surface area contributed by atoms with Gasteiger partial charge in [0.2, 0.25) is 0 Å². The molecule has 76 valence electrons. The molecule has 1 heterocycles. The van der Waals surface area contributed by atoms with Gasteiger partial charge in [0.1, 0.15) is 5.58 Å². The number of hydrogen-bond donors (Lipinski definition) is 0. The number of fused-ring (bicyclic) bond motifs is 1. The Labute approximate surface area is 83.3 Å². The first-order valence-electron chi connectivity index (χ1n) is 4.14. The molecule has 0 aliphatic carbocycles. The molecule has 0 amide bonds. The zero-order valence-electron chi connectivity index (χ0n) is 7.76. The van der Waals surface area contributed by atoms with Crippen molar-refractivity contribution in [2.45, 2.75) is 6.92 Å². The van der Waals surface area contributed by atoms with Crippen LogP contribution in [-0.2, 0) is 0 Å². The van der Waals surface area contributed by atoms with Crippen LogP contribution in [-0.4, -0.2) is 9.91 Å². The molecule has 0 N–H and O–H groups in total. The molecule has 0 saturated carbocycles. The van der Waals surface area contributed by atoms with Gasteiger partial charge in [0.05, 0.1) is 16.4 Å². The normalized spacial score (nSPS) is 10.5. The summed E-state index contributed by atoms with van der Waals surface area (Å²) >= 11 is 0. The predicted octanol–water partition coefficient (Wildman–Crippen LogP) is 1.40. The summed E-state index contributed by atoms with van der Waals surface area (Å²) in [5, 5.41) is 10.7. The average Bonchev–Trinajstić information content (AvgIpc) is 2.16. The van der Waals surface area contributed by atoms with E-state index in [9.17, 15) is 14.9 Å². The van der Waals surface area contributed by atoms with Crippen molar-refractivity contribution >= 4 is 16.7 Å². The molecule has 6 heteroatoms. The Morgan fingerprint density at radius 1 is 1.47 bits per heavy atom. The van der Waals surface area contributed by atoms with Crippen LogP contribution >= 0.6 is 0 Å². The molecule has 2 rings (SSSR count). The molecule has 0 radical (unpaired) electrons. The molecular weight excluding hydrogens is 200 g/mol. The third-order valence-corrected chi connectivity index (χ3v) is 1.92. The van der Waals surface area contributed by atoms with E-state index in [1.807, 2.05) is 0 Å². The quantitative estimate of drug-likeness (QED) is 0.520. The molecule has 0 bridgehead atoms. The van der Waals surface area contributed by atoms with Crippen molar-refractivity contribution in [2.24, 2.45) is 0 Å². The largest absolute Gasteiger partial charge is 0.442 e. The van der Waals surface area contributed by atoms with Crippen LogP contribution in [0.3, 0.4) is 0 Å². The Morgan fingerprint density at radius 2 is 2.20 bits per heavy atom. The van der Waals surface area contributed by atoms with E-state index >= 15 is 0 Å². The van der Waals surface area contributed by atoms with Gasteiger partial charge < -0.3 is 4.42 Å². The second-order valence-corrected chi connectivity index (χ2v) is 2.98. The summed E-state index contributed by atoms with van der Waals surface area (Å²) in [4.78, 5) is 24.9. The number of nitrogens with zero attached hydrogens (tertiary/aromatic N) is 2. The Balaban J connectivity index is 2.82. The maximum atomic E-state index is 11.3. The molecular formula is C9H6N2O4. The molecule has 6 nitrogen and oxygen atoms in total. The van der Waals surface area contributed by atoms with Crippen LogP contribution in [0.15, 0.2) is 27.4 Å². The van der Waals surface area contributed by atoms with E-state index in [1.54, 1.807) is 0 Å². The smallest absolute Gasteiger partial charge is 0.283 e. The molecule has 0 saturated heterocycles. The Hall–Kier alpha value is -2.24. The lowest BCUT2D eigenvalue weighted by molar-refractivity contribution is -0.384. The van der Waals surface area contributed by atoms with Gasteiger partial charge in [-0.2, -0.15) is 4.98 Å². The number of aromatic nitrogens is 1. The monoisotopic (exact) mass is 206 g/mol. The third-order valence-electron chi connectivity index (χ3n) is 1.92. The minimum absolute atomic E-state index is 0.115. The van der Waals surface area contributed by atoms with Gasteiger partial charge >= 0.3 is 0 Å². The van der Waals surface area contributed by atoms with Crippen LogP contribution in [0, 0.1) is 17.0 Å². The highest BCUT2D eigenvalue weighted by Crippen LogP contribution is 2.18. The molecule has 15 heavy (non-hydrogen) atoms. The summed E-state index contributed by atoms with van der Waals surface area (Å²) in [7, 11) is 0. The number of benzene rings is 1. The Kier molecular flexibility index (Phi) is 1.96. The van der Waals surface area contributed by atoms with Crippen LogP contribution in [0.5, 0.6) is 0 Å². The number of non-ortho nitro benzene ring substituents is 1. The molecule has 0 spiro atoms. The second kappa shape index (κ2) is 3.16. The summed E-state index contributed by atoms with van der Waals surface area (Å²) in [6, 6.07) is 3.80. The summed E-state index contributed by atoms with van der Waals surface area (Å²) in [6.07, 6.45) is 0. The van der Waals surface area contributed by atoms with E-state index in [0.717, 1.165) is 0 Å². The van der Waals surface area contributed by atoms with E-state index in [2.05, 4.69) is 4.98 Å². The summed E-state index contributed by atoms with van der Waals surface area (Å²) in [5.41, 5.74) is -0.374. The van der Waals surface area contributed by atoms with Gasteiger partial charge in [-0.1, -0.05) is 0 Å². The predicted molar refractivity (Wildman–Crippen MR) is 51.7 cm³/mol. The zero-order valence-corrected chi connectivity index (χ0v) is 7.76. The van der Waals surface area contributed by atoms with Crippen molar-refractivity contribution in [1.82, 2.24) is 4.98 Å². The van der Waals surface area contributed by atoms with E-state index in [0.29, 0.717) is 0 Å². The molecule has 1 aromatic carbocycles. The summed E-state index contributed by atoms with van der Waals surface area (Å²) < 4.78 is 5.12. The van der Waals surface area contributed by atoms with Crippen molar-refractivity contribution in [3.05, 3.63) is 44.6 Å². The molecule has 2 aromatic rings. The molecule has 0 aliphatic rings. The van der Waals surface area contributed by atoms with Gasteiger partial charge in [-0.3, -0.25) is 14.9 Å². The van der Waals surface area contributed by atoms with Crippen LogP contribution in [0.1, 0.15) is 5.89 Å². The first kappa shape index (κ1) is 9.32. The van der Waals surface area contributed by atoms with E-state index in [-0.39, 0.29) is 22.5 Å². The van der Waals surface area contributed by atoms with Crippen LogP contribution in [0.2, 0.25) is 0 Å². The highest BCUT2D eigenvalue weighted by molar-refractivity contribution is 5.77. The Bertz CT molecular complexity index is 603. The van der Waals surface area contributed by atoms with Crippen LogP contribution in [0.4, 0.5) is 5.69 Å². The third kappa shape index (κ3) is 1.56. The van der Waals surface area contributed by atoms with E-state index < -0.39 is 10.5 Å². The van der Waals surface area contributed by atoms with Crippen LogP contribution < -0.4 is 5.56 Å². The van der Waals surface area contributed by atoms with Gasteiger partial charge in [0.25, 0.3) is 11.2 Å². The fourth-order valence-electron chi connectivity index (χ4n) is 1.27. The number of nitro benzene ring substituents is 1. The number of hydrogen-bond acceptors (Lipinski definition) is 5. The first-order valence-corrected chi connectivity index (χ1v) is 4.14. The number of aryl methyl sites for hydroxylation is 1. The molecule has 0 aliphatic heterocycles. The standard InChI is InChI=1S/C9H6N2O4/c1-5-10-9(12)7-3-2-6(11(13)14)4-8(7)15-5/h2-4H,1H3. The highest BCUT2D eigenvalue weighted by atomic mass is 16.6. The van der Waals surface area contributed by atoms with Gasteiger partial charge in [-0.15, -0.1) is 0 Å². The fourth-order valence-corrected chi connectivity index (χ4v) is 1.27. The molecule has 1 aromatic heterocycles. The maximum absolute atomic E-state index is 11.3. The molecule has 0 atom stereocenters. The lowest BCUT2D eigenvalue weighted by Crippen LogP contribution is -2.07. The minimum Gasteiger partial charge on any atom is -0.442 e. The SMILES string of the molecule is Cc1nc(=O)c2ccc([N+](=O)[O-])cc2o1. The second-order valence-electron chi connectivity index (χ2n) is 2.98. The van der Waals surface area contributed by atoms with Gasteiger partial charge in [-0.25, -0.2) is 0 Å². The first-order chi connectivity index (χ1) is 7.08. The molecule has 0 fully saturated rings. The van der Waals surface area contributed by atoms with Gasteiger partial charge in [0.15, 0.2) is 5.89 Å². The lowest BCUT2D eigenvalue weighted by Gasteiger charge is -1.97. The highest BCUT2D eigenvalue weighted by Gasteiger charge is 2.10. The number of nitro groups is 1. The Morgan fingerprint density at radius 3 is 2.87 bits per heavy atom. The van der Waals surface area contributed by atoms with Crippen molar-refractivity contribution in [3.8, 4) is 0 Å². The van der Waals surface area contributed by atoms with Gasteiger partial charge in [-0.05, 0) is 6.07 Å². The summed E-state index contributed by atoms with van der Waals surface area (Å²) in [5.74, 6) is 0.188. The van der Waals surface area contributed by atoms with Crippen molar-refractivity contribution < 1.29 is 9.34 Å². The lowest BCUT2D eigenvalue weighted by atomic mass is 10.2.